The predicted molar refractivity (Wildman–Crippen MR) is 138 cm³/mol. The Bertz CT molecular complexity index is 734. The average molecular weight is 513 g/mol. The quantitative estimate of drug-likeness (QED) is 0.282. The first-order valence-electron chi connectivity index (χ1n) is 12.8. The fourth-order valence-electron chi connectivity index (χ4n) is 4.65. The molecule has 4 atom stereocenters. The van der Waals surface area contributed by atoms with Gasteiger partial charge >= 0.3 is 5.97 Å². The zero-order valence-corrected chi connectivity index (χ0v) is 24.0. The van der Waals surface area contributed by atoms with Crippen LogP contribution in [0.3, 0.4) is 0 Å². The van der Waals surface area contributed by atoms with Gasteiger partial charge in [0.15, 0.2) is 29.0 Å². The van der Waals surface area contributed by atoms with E-state index < -0.39 is 41.1 Å². The van der Waals surface area contributed by atoms with E-state index in [1.807, 2.05) is 0 Å². The van der Waals surface area contributed by atoms with Crippen LogP contribution in [0.2, 0.25) is 36.3 Å². The largest absolute Gasteiger partial charge is 0.497 e. The SMILES string of the molecule is CC[Si](CC)(CC)O[C@H]1[C@H](O[Si](CC)(CC)CC)COC(O)[C@@H]1OC(=O)c1ccc(OC)cc1. The minimum Gasteiger partial charge on any atom is -0.497 e. The van der Waals surface area contributed by atoms with Crippen molar-refractivity contribution in [3.8, 4) is 5.75 Å². The molecule has 9 heteroatoms. The second-order valence-electron chi connectivity index (χ2n) is 9.05. The Morgan fingerprint density at radius 2 is 1.38 bits per heavy atom. The van der Waals surface area contributed by atoms with Crippen LogP contribution in [-0.2, 0) is 18.3 Å². The maximum atomic E-state index is 13.0. The highest BCUT2D eigenvalue weighted by atomic mass is 28.4. The van der Waals surface area contributed by atoms with Crippen molar-refractivity contribution in [3.63, 3.8) is 0 Å². The maximum absolute atomic E-state index is 13.0. The van der Waals surface area contributed by atoms with E-state index in [1.54, 1.807) is 31.4 Å². The number of benzene rings is 1. The van der Waals surface area contributed by atoms with Crippen LogP contribution in [-0.4, -0.2) is 66.0 Å². The third-order valence-electron chi connectivity index (χ3n) is 7.62. The normalized spacial score (nSPS) is 23.5. The van der Waals surface area contributed by atoms with Crippen molar-refractivity contribution in [2.45, 2.75) is 102 Å². The van der Waals surface area contributed by atoms with Gasteiger partial charge in [0.25, 0.3) is 0 Å². The Kier molecular flexibility index (Phi) is 11.2. The van der Waals surface area contributed by atoms with Crippen LogP contribution >= 0.6 is 0 Å². The van der Waals surface area contributed by atoms with Crippen molar-refractivity contribution >= 4 is 22.6 Å². The van der Waals surface area contributed by atoms with E-state index in [2.05, 4.69) is 41.5 Å². The van der Waals surface area contributed by atoms with Crippen LogP contribution in [0.15, 0.2) is 24.3 Å². The van der Waals surface area contributed by atoms with Crippen LogP contribution in [0.5, 0.6) is 5.75 Å². The van der Waals surface area contributed by atoms with Gasteiger partial charge in [-0.25, -0.2) is 4.79 Å². The molecule has 0 bridgehead atoms. The number of esters is 1. The summed E-state index contributed by atoms with van der Waals surface area (Å²) in [5.74, 6) is 0.114. The molecule has 1 saturated heterocycles. The Morgan fingerprint density at radius 3 is 1.85 bits per heavy atom. The van der Waals surface area contributed by atoms with E-state index in [0.717, 1.165) is 36.3 Å². The molecule has 34 heavy (non-hydrogen) atoms. The molecule has 1 unspecified atom stereocenters. The number of hydrogen-bond acceptors (Lipinski definition) is 7. The fraction of sp³-hybridized carbons (Fsp3) is 0.720. The van der Waals surface area contributed by atoms with Gasteiger partial charge in [0, 0.05) is 0 Å². The summed E-state index contributed by atoms with van der Waals surface area (Å²) < 4.78 is 30.4. The van der Waals surface area contributed by atoms with E-state index in [-0.39, 0.29) is 12.7 Å². The molecule has 0 aromatic heterocycles. The summed E-state index contributed by atoms with van der Waals surface area (Å²) in [4.78, 5) is 13.0. The third kappa shape index (κ3) is 6.70. The summed E-state index contributed by atoms with van der Waals surface area (Å²) in [6.07, 6.45) is -3.21. The van der Waals surface area contributed by atoms with E-state index in [4.69, 9.17) is 23.1 Å². The van der Waals surface area contributed by atoms with Crippen molar-refractivity contribution in [2.75, 3.05) is 13.7 Å². The molecule has 1 aliphatic heterocycles. The molecule has 1 aromatic carbocycles. The van der Waals surface area contributed by atoms with Crippen molar-refractivity contribution < 1.29 is 33.0 Å². The zero-order valence-electron chi connectivity index (χ0n) is 22.0. The van der Waals surface area contributed by atoms with Crippen LogP contribution in [0.4, 0.5) is 0 Å². The maximum Gasteiger partial charge on any atom is 0.338 e. The molecule has 7 nitrogen and oxygen atoms in total. The van der Waals surface area contributed by atoms with Gasteiger partial charge in [0.2, 0.25) is 0 Å². The minimum atomic E-state index is -2.11. The molecule has 1 fully saturated rings. The molecule has 2 rings (SSSR count). The monoisotopic (exact) mass is 512 g/mol. The van der Waals surface area contributed by atoms with Gasteiger partial charge in [-0.1, -0.05) is 41.5 Å². The standard InChI is InChI=1S/C25H44O7Si2/c1-8-33(9-2,10-3)31-21-18-29-25(27)23(22(21)32-34(11-4,12-5)13-6)30-24(26)19-14-16-20(28-7)17-15-19/h14-17,21-23,25,27H,8-13,18H2,1-7H3/t21-,22+,23-,25?/m1/s1. The highest BCUT2D eigenvalue weighted by Crippen LogP contribution is 2.34. The second-order valence-corrected chi connectivity index (χ2v) is 18.5. The van der Waals surface area contributed by atoms with E-state index in [0.29, 0.717) is 11.3 Å². The van der Waals surface area contributed by atoms with Crippen molar-refractivity contribution in [1.29, 1.82) is 0 Å². The van der Waals surface area contributed by atoms with Crippen LogP contribution < -0.4 is 4.74 Å². The lowest BCUT2D eigenvalue weighted by atomic mass is 10.1. The lowest BCUT2D eigenvalue weighted by Gasteiger charge is -2.46. The molecule has 1 aliphatic rings. The highest BCUT2D eigenvalue weighted by molar-refractivity contribution is 6.74. The second kappa shape index (κ2) is 13.2. The number of methoxy groups -OCH3 is 1. The summed E-state index contributed by atoms with van der Waals surface area (Å²) in [6, 6.07) is 12.5. The molecule has 0 radical (unpaired) electrons. The van der Waals surface area contributed by atoms with Gasteiger partial charge in [-0.2, -0.15) is 0 Å². The van der Waals surface area contributed by atoms with Gasteiger partial charge in [-0.3, -0.25) is 0 Å². The molecule has 0 spiro atoms. The van der Waals surface area contributed by atoms with Crippen molar-refractivity contribution in [3.05, 3.63) is 29.8 Å². The molecular weight excluding hydrogens is 468 g/mol. The molecule has 1 heterocycles. The number of carbonyl (C=O) groups excluding carboxylic acids is 1. The van der Waals surface area contributed by atoms with Crippen molar-refractivity contribution in [1.82, 2.24) is 0 Å². The molecule has 194 valence electrons. The number of carbonyl (C=O) groups is 1. The Morgan fingerprint density at radius 1 is 0.882 bits per heavy atom. The predicted octanol–water partition coefficient (Wildman–Crippen LogP) is 5.35. The molecular formula is C25H44O7Si2. The zero-order chi connectivity index (χ0) is 25.4. The Labute approximate surface area is 207 Å². The van der Waals surface area contributed by atoms with Crippen molar-refractivity contribution in [2.24, 2.45) is 0 Å². The summed E-state index contributed by atoms with van der Waals surface area (Å²) >= 11 is 0. The summed E-state index contributed by atoms with van der Waals surface area (Å²) in [6.45, 7) is 13.2. The highest BCUT2D eigenvalue weighted by Gasteiger charge is 2.49. The first-order valence-corrected chi connectivity index (χ1v) is 17.8. The van der Waals surface area contributed by atoms with Gasteiger partial charge in [-0.15, -0.1) is 0 Å². The van der Waals surface area contributed by atoms with Gasteiger partial charge in [0.1, 0.15) is 11.9 Å². The number of aliphatic hydroxyl groups excluding tert-OH is 1. The lowest BCUT2D eigenvalue weighted by molar-refractivity contribution is -0.245. The Balaban J connectivity index is 2.39. The Hall–Kier alpha value is -1.24. The van der Waals surface area contributed by atoms with E-state index in [1.165, 1.54) is 0 Å². The van der Waals surface area contributed by atoms with E-state index in [9.17, 15) is 9.90 Å². The van der Waals surface area contributed by atoms with Crippen LogP contribution in [0.25, 0.3) is 0 Å². The molecule has 0 amide bonds. The average Bonchev–Trinajstić information content (AvgIpc) is 2.89. The third-order valence-corrected chi connectivity index (χ3v) is 16.9. The smallest absolute Gasteiger partial charge is 0.338 e. The van der Waals surface area contributed by atoms with Gasteiger partial charge in [0.05, 0.1) is 25.4 Å². The first kappa shape index (κ1) is 29.0. The van der Waals surface area contributed by atoms with E-state index >= 15 is 0 Å². The number of rotatable bonds is 13. The minimum absolute atomic E-state index is 0.221. The lowest BCUT2D eigenvalue weighted by Crippen LogP contribution is -2.62. The topological polar surface area (TPSA) is 83.5 Å². The molecule has 1 aromatic rings. The number of hydrogen-bond donors (Lipinski definition) is 1. The summed E-state index contributed by atoms with van der Waals surface area (Å²) in [5, 5.41) is 10.8. The first-order chi connectivity index (χ1) is 16.3. The van der Waals surface area contributed by atoms with Gasteiger partial charge in [-0.05, 0) is 60.5 Å². The summed E-state index contributed by atoms with van der Waals surface area (Å²) in [7, 11) is -2.53. The molecule has 1 N–H and O–H groups in total. The molecule has 0 aliphatic carbocycles. The number of aliphatic hydroxyl groups is 1. The van der Waals surface area contributed by atoms with Crippen LogP contribution in [0, 0.1) is 0 Å². The fourth-order valence-corrected chi connectivity index (χ4v) is 10.4. The van der Waals surface area contributed by atoms with Gasteiger partial charge < -0.3 is 28.2 Å². The number of ether oxygens (including phenoxy) is 3. The van der Waals surface area contributed by atoms with Crippen LogP contribution in [0.1, 0.15) is 51.9 Å². The summed E-state index contributed by atoms with van der Waals surface area (Å²) in [5.41, 5.74) is 0.374. The molecule has 0 saturated carbocycles.